The molecule has 0 atom stereocenters. The maximum absolute atomic E-state index is 13.2. The predicted molar refractivity (Wildman–Crippen MR) is 158 cm³/mol. The fraction of sp³-hybridized carbons (Fsp3) is 0.233. The first-order chi connectivity index (χ1) is 20.4. The number of ether oxygens (including phenoxy) is 2. The number of primary amides is 1. The highest BCUT2D eigenvalue weighted by Gasteiger charge is 2.24. The highest BCUT2D eigenvalue weighted by molar-refractivity contribution is 6.07. The number of amides is 3. The van der Waals surface area contributed by atoms with Crippen LogP contribution >= 0.6 is 0 Å². The summed E-state index contributed by atoms with van der Waals surface area (Å²) in [6.07, 6.45) is 2.43. The maximum Gasteiger partial charge on any atom is 0.415 e. The van der Waals surface area contributed by atoms with Gasteiger partial charge in [-0.1, -0.05) is 6.07 Å². The van der Waals surface area contributed by atoms with E-state index in [2.05, 4.69) is 20.4 Å². The molecule has 0 bridgehead atoms. The van der Waals surface area contributed by atoms with Crippen molar-refractivity contribution in [2.75, 3.05) is 23.9 Å². The normalized spacial score (nSPS) is 11.0. The number of hydrogen-bond donors (Lipinski definition) is 2. The summed E-state index contributed by atoms with van der Waals surface area (Å²) in [5.74, 6) is -1.59. The summed E-state index contributed by atoms with van der Waals surface area (Å²) < 4.78 is 11.5. The fourth-order valence-electron chi connectivity index (χ4n) is 3.98. The van der Waals surface area contributed by atoms with E-state index in [-0.39, 0.29) is 17.1 Å². The van der Waals surface area contributed by atoms with E-state index in [1.165, 1.54) is 47.3 Å². The van der Waals surface area contributed by atoms with E-state index < -0.39 is 29.5 Å². The first-order valence-corrected chi connectivity index (χ1v) is 13.2. The summed E-state index contributed by atoms with van der Waals surface area (Å²) >= 11 is 0. The van der Waals surface area contributed by atoms with Crippen molar-refractivity contribution in [2.24, 2.45) is 5.73 Å². The van der Waals surface area contributed by atoms with Gasteiger partial charge in [0.25, 0.3) is 11.8 Å². The first kappa shape index (κ1) is 30.4. The van der Waals surface area contributed by atoms with Gasteiger partial charge in [-0.3, -0.25) is 14.5 Å². The number of benzene rings is 1. The van der Waals surface area contributed by atoms with E-state index in [1.807, 2.05) is 0 Å². The minimum absolute atomic E-state index is 0.0564. The summed E-state index contributed by atoms with van der Waals surface area (Å²) in [4.78, 5) is 60.0. The van der Waals surface area contributed by atoms with Crippen LogP contribution in [0.3, 0.4) is 0 Å². The monoisotopic (exact) mass is 585 g/mol. The van der Waals surface area contributed by atoms with Gasteiger partial charge in [-0.2, -0.15) is 5.10 Å². The Kier molecular flexibility index (Phi) is 8.84. The molecule has 3 heterocycles. The van der Waals surface area contributed by atoms with Gasteiger partial charge in [0.2, 0.25) is 0 Å². The van der Waals surface area contributed by atoms with E-state index in [0.717, 1.165) is 0 Å². The van der Waals surface area contributed by atoms with Gasteiger partial charge in [0.05, 0.1) is 35.9 Å². The van der Waals surface area contributed by atoms with Crippen molar-refractivity contribution >= 4 is 35.4 Å². The molecular weight excluding hydrogens is 554 g/mol. The molecule has 222 valence electrons. The molecular formula is C30H31N7O6. The van der Waals surface area contributed by atoms with Crippen LogP contribution in [0.1, 0.15) is 59.0 Å². The third-order valence-electron chi connectivity index (χ3n) is 5.98. The van der Waals surface area contributed by atoms with Crippen molar-refractivity contribution in [3.8, 4) is 16.9 Å². The second-order valence-corrected chi connectivity index (χ2v) is 10.2. The summed E-state index contributed by atoms with van der Waals surface area (Å²) in [5.41, 5.74) is 6.72. The Bertz CT molecular complexity index is 1680. The van der Waals surface area contributed by atoms with Crippen LogP contribution in [-0.2, 0) is 9.47 Å². The van der Waals surface area contributed by atoms with Crippen molar-refractivity contribution < 1.29 is 28.7 Å². The van der Waals surface area contributed by atoms with Crippen LogP contribution < -0.4 is 16.0 Å². The number of carbonyl (C=O) groups excluding carboxylic acids is 4. The smallest absolute Gasteiger partial charge is 0.415 e. The largest absolute Gasteiger partial charge is 0.465 e. The van der Waals surface area contributed by atoms with E-state index in [1.54, 1.807) is 64.1 Å². The Balaban J connectivity index is 1.58. The second kappa shape index (κ2) is 12.5. The van der Waals surface area contributed by atoms with Crippen molar-refractivity contribution in [2.45, 2.75) is 33.3 Å². The molecule has 4 rings (SSSR count). The zero-order chi connectivity index (χ0) is 31.3. The fourth-order valence-corrected chi connectivity index (χ4v) is 3.98. The average molecular weight is 586 g/mol. The maximum atomic E-state index is 13.2. The Labute approximate surface area is 247 Å². The third kappa shape index (κ3) is 7.19. The van der Waals surface area contributed by atoms with Gasteiger partial charge in [-0.25, -0.2) is 24.2 Å². The molecule has 0 saturated carbocycles. The molecule has 0 spiro atoms. The number of methoxy groups -OCH3 is 1. The van der Waals surface area contributed by atoms with E-state index >= 15 is 0 Å². The molecule has 0 aliphatic carbocycles. The standard InChI is InChI=1S/C30H31N7O6/c1-6-36(29(41)43-30(2,3)4)24-16-19(14-15-32-24)21-8-7-9-22(33-21)27(39)34-23-17-37(35-25(23)26(31)38)20-12-10-18(11-13-20)28(40)42-5/h7-17H,6H2,1-5H3,(H2,31,38)(H,34,39). The van der Waals surface area contributed by atoms with E-state index in [4.69, 9.17) is 15.2 Å². The van der Waals surface area contributed by atoms with Crippen LogP contribution in [0.2, 0.25) is 0 Å². The highest BCUT2D eigenvalue weighted by Crippen LogP contribution is 2.24. The molecule has 3 N–H and O–H groups in total. The molecule has 0 unspecified atom stereocenters. The van der Waals surface area contributed by atoms with Crippen molar-refractivity contribution in [3.63, 3.8) is 0 Å². The lowest BCUT2D eigenvalue weighted by atomic mass is 10.1. The molecule has 0 saturated heterocycles. The Morgan fingerprint density at radius 3 is 2.40 bits per heavy atom. The van der Waals surface area contributed by atoms with Crippen LogP contribution in [-0.4, -0.2) is 62.9 Å². The summed E-state index contributed by atoms with van der Waals surface area (Å²) in [6.45, 7) is 7.48. The highest BCUT2D eigenvalue weighted by atomic mass is 16.6. The number of pyridine rings is 2. The van der Waals surface area contributed by atoms with Crippen LogP contribution in [0, 0.1) is 0 Å². The molecule has 0 radical (unpaired) electrons. The Morgan fingerprint density at radius 2 is 1.77 bits per heavy atom. The van der Waals surface area contributed by atoms with Gasteiger partial charge in [-0.15, -0.1) is 0 Å². The summed E-state index contributed by atoms with van der Waals surface area (Å²) in [5, 5.41) is 6.85. The lowest BCUT2D eigenvalue weighted by molar-refractivity contribution is 0.0577. The first-order valence-electron chi connectivity index (χ1n) is 13.2. The topological polar surface area (TPSA) is 172 Å². The summed E-state index contributed by atoms with van der Waals surface area (Å²) in [6, 6.07) is 14.6. The van der Waals surface area contributed by atoms with Crippen molar-refractivity contribution in [1.82, 2.24) is 19.7 Å². The van der Waals surface area contributed by atoms with Gasteiger partial charge < -0.3 is 20.5 Å². The van der Waals surface area contributed by atoms with E-state index in [9.17, 15) is 19.2 Å². The zero-order valence-electron chi connectivity index (χ0n) is 24.3. The molecule has 0 fully saturated rings. The molecule has 4 aromatic rings. The number of esters is 1. The molecule has 3 amide bonds. The number of nitrogens with two attached hydrogens (primary N) is 1. The summed E-state index contributed by atoms with van der Waals surface area (Å²) in [7, 11) is 1.28. The lowest BCUT2D eigenvalue weighted by Crippen LogP contribution is -2.37. The number of aromatic nitrogens is 4. The minimum atomic E-state index is -0.850. The van der Waals surface area contributed by atoms with Crippen molar-refractivity contribution in [1.29, 1.82) is 0 Å². The molecule has 1 aromatic carbocycles. The predicted octanol–water partition coefficient (Wildman–Crippen LogP) is 4.23. The zero-order valence-corrected chi connectivity index (χ0v) is 24.3. The number of rotatable bonds is 8. The van der Waals surface area contributed by atoms with Crippen LogP contribution in [0.4, 0.5) is 16.3 Å². The third-order valence-corrected chi connectivity index (χ3v) is 5.98. The number of hydrogen-bond acceptors (Lipinski definition) is 9. The van der Waals surface area contributed by atoms with Crippen LogP contribution in [0.25, 0.3) is 16.9 Å². The molecule has 13 heteroatoms. The molecule has 0 aliphatic heterocycles. The molecule has 0 aliphatic rings. The SMILES string of the molecule is CCN(C(=O)OC(C)(C)C)c1cc(-c2cccc(C(=O)Nc3cn(-c4ccc(C(=O)OC)cc4)nc3C(N)=O)n2)ccn1. The molecule has 43 heavy (non-hydrogen) atoms. The van der Waals surface area contributed by atoms with Crippen molar-refractivity contribution in [3.05, 3.63) is 83.9 Å². The quantitative estimate of drug-likeness (QED) is 0.287. The average Bonchev–Trinajstić information content (AvgIpc) is 3.40. The second-order valence-electron chi connectivity index (χ2n) is 10.2. The van der Waals surface area contributed by atoms with Gasteiger partial charge >= 0.3 is 12.1 Å². The van der Waals surface area contributed by atoms with Gasteiger partial charge in [-0.05, 0) is 76.2 Å². The van der Waals surface area contributed by atoms with Gasteiger partial charge in [0.15, 0.2) is 5.69 Å². The van der Waals surface area contributed by atoms with Gasteiger partial charge in [0, 0.05) is 18.3 Å². The minimum Gasteiger partial charge on any atom is -0.465 e. The van der Waals surface area contributed by atoms with E-state index in [0.29, 0.717) is 34.9 Å². The number of nitrogens with zero attached hydrogens (tertiary/aromatic N) is 5. The Morgan fingerprint density at radius 1 is 1.05 bits per heavy atom. The number of carbonyl (C=O) groups is 4. The number of nitrogens with one attached hydrogen (secondary N) is 1. The van der Waals surface area contributed by atoms with Crippen LogP contribution in [0.15, 0.2) is 67.0 Å². The number of anilines is 2. The Hall–Kier alpha value is -5.59. The van der Waals surface area contributed by atoms with Crippen LogP contribution in [0.5, 0.6) is 0 Å². The van der Waals surface area contributed by atoms with Gasteiger partial charge in [0.1, 0.15) is 17.1 Å². The molecule has 13 nitrogen and oxygen atoms in total. The lowest BCUT2D eigenvalue weighted by Gasteiger charge is -2.26. The molecule has 3 aromatic heterocycles.